The van der Waals surface area contributed by atoms with Crippen molar-refractivity contribution >= 4 is 19.2 Å². The fourth-order valence-electron chi connectivity index (χ4n) is 5.93. The Bertz CT molecular complexity index is 818. The van der Waals surface area contributed by atoms with Crippen LogP contribution in [0.4, 0.5) is 0 Å². The Labute approximate surface area is 276 Å². The lowest BCUT2D eigenvalue weighted by Gasteiger charge is -2.27. The number of aliphatic hydroxyl groups excluding tert-OH is 2. The molecule has 0 saturated heterocycles. The smallest absolute Gasteiger partial charge is 0.358 e. The molecule has 7 nitrogen and oxygen atoms in total. The summed E-state index contributed by atoms with van der Waals surface area (Å²) in [5, 5.41) is 26.8. The van der Waals surface area contributed by atoms with E-state index in [1.165, 1.54) is 83.5 Å². The molecular weight excluding hydrogens is 587 g/mol. The third kappa shape index (κ3) is 21.4. The quantitative estimate of drug-likeness (QED) is 0.0272. The molecule has 0 aromatic carbocycles. The summed E-state index contributed by atoms with van der Waals surface area (Å²) in [6, 6.07) is 0. The second-order valence-electron chi connectivity index (χ2n) is 13.1. The summed E-state index contributed by atoms with van der Waals surface area (Å²) in [5.41, 5.74) is 0. The van der Waals surface area contributed by atoms with Gasteiger partial charge in [0.05, 0.1) is 12.5 Å². The Morgan fingerprint density at radius 1 is 0.622 bits per heavy atom. The monoisotopic (exact) mass is 656 g/mol. The van der Waals surface area contributed by atoms with Crippen molar-refractivity contribution in [2.45, 2.75) is 199 Å². The highest BCUT2D eigenvalue weighted by Gasteiger charge is 2.52. The van der Waals surface area contributed by atoms with Crippen LogP contribution in [0, 0.1) is 5.92 Å². The van der Waals surface area contributed by atoms with Gasteiger partial charge >= 0.3 is 7.68 Å². The summed E-state index contributed by atoms with van der Waals surface area (Å²) in [5.74, 6) is -2.90. The van der Waals surface area contributed by atoms with E-state index in [1.54, 1.807) is 0 Å². The first kappa shape index (κ1) is 43.9. The molecule has 0 radical (unpaired) electrons. The molecule has 8 heteroatoms. The molecule has 0 aliphatic carbocycles. The van der Waals surface area contributed by atoms with Gasteiger partial charge in [-0.2, -0.15) is 0 Å². The van der Waals surface area contributed by atoms with Crippen LogP contribution in [0.1, 0.15) is 187 Å². The number of carbonyl (C=O) groups is 2. The van der Waals surface area contributed by atoms with E-state index in [2.05, 4.69) is 26.0 Å². The number of allylic oxidation sites excluding steroid dienone is 2. The van der Waals surface area contributed by atoms with Crippen molar-refractivity contribution in [2.24, 2.45) is 5.92 Å². The van der Waals surface area contributed by atoms with Crippen LogP contribution in [0.25, 0.3) is 0 Å². The van der Waals surface area contributed by atoms with E-state index in [9.17, 15) is 34.0 Å². The van der Waals surface area contributed by atoms with Gasteiger partial charge in [0.15, 0.2) is 5.78 Å². The first-order chi connectivity index (χ1) is 21.8. The van der Waals surface area contributed by atoms with E-state index >= 15 is 0 Å². The number of rotatable bonds is 34. The minimum absolute atomic E-state index is 0.133. The largest absolute Gasteiger partial charge is 0.394 e. The Morgan fingerprint density at radius 3 is 1.40 bits per heavy atom. The maximum atomic E-state index is 13.2. The van der Waals surface area contributed by atoms with Gasteiger partial charge < -0.3 is 15.3 Å². The molecule has 3 unspecified atom stereocenters. The van der Waals surface area contributed by atoms with Gasteiger partial charge in [0, 0.05) is 6.42 Å². The third-order valence-electron chi connectivity index (χ3n) is 9.02. The van der Waals surface area contributed by atoms with Crippen LogP contribution in [-0.2, 0) is 18.7 Å². The average Bonchev–Trinajstić information content (AvgIpc) is 3.03. The Morgan fingerprint density at radius 2 is 1.00 bits per heavy atom. The molecule has 45 heavy (non-hydrogen) atoms. The van der Waals surface area contributed by atoms with Crippen LogP contribution < -0.4 is 0 Å². The maximum Gasteiger partial charge on any atom is 0.358 e. The van der Waals surface area contributed by atoms with E-state index in [1.807, 2.05) is 0 Å². The van der Waals surface area contributed by atoms with E-state index in [0.717, 1.165) is 64.2 Å². The minimum Gasteiger partial charge on any atom is -0.394 e. The molecule has 0 rings (SSSR count). The zero-order valence-corrected chi connectivity index (χ0v) is 29.9. The summed E-state index contributed by atoms with van der Waals surface area (Å²) in [4.78, 5) is 26.4. The number of unbranched alkanes of at least 4 members (excludes halogenated alkanes) is 22. The van der Waals surface area contributed by atoms with Crippen molar-refractivity contribution < 1.29 is 34.0 Å². The summed E-state index contributed by atoms with van der Waals surface area (Å²) in [6.45, 7) is 3.36. The van der Waals surface area contributed by atoms with Crippen LogP contribution in [0.5, 0.6) is 0 Å². The topological polar surface area (TPSA) is 129 Å². The number of carbonyl (C=O) groups excluding carboxylic acids is 2. The summed E-state index contributed by atoms with van der Waals surface area (Å²) < 4.78 is 23.7. The van der Waals surface area contributed by atoms with Crippen LogP contribution in [0.15, 0.2) is 12.2 Å². The predicted molar refractivity (Wildman–Crippen MR) is 185 cm³/mol. The van der Waals surface area contributed by atoms with E-state index in [-0.39, 0.29) is 18.6 Å². The van der Waals surface area contributed by atoms with Crippen LogP contribution in [0.2, 0.25) is 0 Å². The van der Waals surface area contributed by atoms with E-state index in [4.69, 9.17) is 0 Å². The van der Waals surface area contributed by atoms with E-state index < -0.39 is 37.4 Å². The third-order valence-corrected chi connectivity index (χ3v) is 10.1. The molecule has 0 aromatic heterocycles. The normalized spacial score (nSPS) is 14.4. The van der Waals surface area contributed by atoms with Gasteiger partial charge in [-0.15, -0.1) is 0 Å². The molecule has 0 heterocycles. The van der Waals surface area contributed by atoms with Crippen molar-refractivity contribution in [2.75, 3.05) is 6.61 Å². The fourth-order valence-corrected chi connectivity index (χ4v) is 6.59. The van der Waals surface area contributed by atoms with Gasteiger partial charge in [0.25, 0.3) is 5.34 Å². The molecule has 0 bridgehead atoms. The first-order valence-corrected chi connectivity index (χ1v) is 19.8. The molecule has 0 amide bonds. The molecule has 0 spiro atoms. The van der Waals surface area contributed by atoms with Crippen molar-refractivity contribution in [3.05, 3.63) is 12.2 Å². The van der Waals surface area contributed by atoms with E-state index in [0.29, 0.717) is 12.8 Å². The summed E-state index contributed by atoms with van der Waals surface area (Å²) in [7, 11) is -3.82. The summed E-state index contributed by atoms with van der Waals surface area (Å²) >= 11 is 0. The maximum absolute atomic E-state index is 13.2. The molecule has 3 atom stereocenters. The molecule has 3 N–H and O–H groups in total. The van der Waals surface area contributed by atoms with Crippen molar-refractivity contribution in [3.63, 3.8) is 0 Å². The average molecular weight is 657 g/mol. The standard InChI is InChI=1S/C37H69O7P/c1-3-5-7-9-11-13-15-17-18-19-21-23-25-27-29-31-34(39)33(36(41)37(42,45(43)44)35(40)32-38)30-28-26-24-22-20-16-14-12-10-8-6-4-2/h17-18,33,35,38,40,42H,3-16,19-32H2,1-2H3/b18-17-. The van der Waals surface area contributed by atoms with Crippen LogP contribution in [0.3, 0.4) is 0 Å². The highest BCUT2D eigenvalue weighted by molar-refractivity contribution is 7.34. The van der Waals surface area contributed by atoms with Gasteiger partial charge in [-0.3, -0.25) is 9.59 Å². The van der Waals surface area contributed by atoms with Crippen LogP contribution in [-0.4, -0.2) is 44.9 Å². The highest BCUT2D eigenvalue weighted by atomic mass is 31.1. The lowest BCUT2D eigenvalue weighted by atomic mass is 9.85. The number of hydrogen-bond donors (Lipinski definition) is 3. The number of Topliss-reactive ketones (excluding diaryl/α,β-unsaturated/α-hetero) is 2. The van der Waals surface area contributed by atoms with Crippen molar-refractivity contribution in [1.82, 2.24) is 0 Å². The zero-order chi connectivity index (χ0) is 33.6. The number of aliphatic hydroxyl groups is 3. The second-order valence-corrected chi connectivity index (χ2v) is 14.3. The van der Waals surface area contributed by atoms with Gasteiger partial charge in [0.2, 0.25) is 0 Å². The zero-order valence-electron chi connectivity index (χ0n) is 29.0. The lowest BCUT2D eigenvalue weighted by Crippen LogP contribution is -2.51. The van der Waals surface area contributed by atoms with Crippen molar-refractivity contribution in [1.29, 1.82) is 0 Å². The SMILES string of the molecule is CCCCCCCC/C=C\CCCCCCCC(=O)C(CCCCCCCCCCCCCC)C(=O)C(O)(C(O)CO)P(=O)=O. The van der Waals surface area contributed by atoms with Crippen LogP contribution >= 0.6 is 7.68 Å². The first-order valence-electron chi connectivity index (χ1n) is 18.6. The molecule has 0 aliphatic rings. The Kier molecular flexibility index (Phi) is 29.4. The molecule has 0 fully saturated rings. The molecule has 0 aliphatic heterocycles. The number of hydrogen-bond acceptors (Lipinski definition) is 7. The molecule has 0 aromatic rings. The fraction of sp³-hybridized carbons (Fsp3) is 0.892. The van der Waals surface area contributed by atoms with Gasteiger partial charge in [-0.1, -0.05) is 154 Å². The molecule has 0 saturated carbocycles. The number of ketones is 2. The molecule has 264 valence electrons. The predicted octanol–water partition coefficient (Wildman–Crippen LogP) is 10.1. The lowest BCUT2D eigenvalue weighted by molar-refractivity contribution is -0.148. The second kappa shape index (κ2) is 30.2. The minimum atomic E-state index is -3.82. The molecular formula is C37H69O7P. The Hall–Kier alpha value is -1.14. The van der Waals surface area contributed by atoms with Crippen molar-refractivity contribution in [3.8, 4) is 0 Å². The highest BCUT2D eigenvalue weighted by Crippen LogP contribution is 2.35. The van der Waals surface area contributed by atoms with Gasteiger partial charge in [-0.05, 0) is 38.5 Å². The van der Waals surface area contributed by atoms with Gasteiger partial charge in [-0.25, -0.2) is 9.13 Å². The summed E-state index contributed by atoms with van der Waals surface area (Å²) in [6.07, 6.45) is 30.8. The Balaban J connectivity index is 4.55. The van der Waals surface area contributed by atoms with Gasteiger partial charge in [0.1, 0.15) is 11.9 Å².